The zero-order valence-electron chi connectivity index (χ0n) is 7.31. The third-order valence-corrected chi connectivity index (χ3v) is 1.68. The number of hydrogen-bond acceptors (Lipinski definition) is 1. The first-order chi connectivity index (χ1) is 5.22. The van der Waals surface area contributed by atoms with Crippen molar-refractivity contribution in [3.05, 3.63) is 11.9 Å². The Kier molecular flexibility index (Phi) is 6.13. The summed E-state index contributed by atoms with van der Waals surface area (Å²) in [5, 5.41) is 9.10. The van der Waals surface area contributed by atoms with Crippen LogP contribution in [0.5, 0.6) is 0 Å². The van der Waals surface area contributed by atoms with Crippen LogP contribution in [-0.2, 0) is 0 Å². The van der Waals surface area contributed by atoms with E-state index in [0.717, 1.165) is 19.3 Å². The summed E-state index contributed by atoms with van der Waals surface area (Å²) in [6.45, 7) is 3.68. The van der Waals surface area contributed by atoms with Crippen LogP contribution in [0.25, 0.3) is 0 Å². The van der Waals surface area contributed by atoms with E-state index in [-0.39, 0.29) is 0 Å². The summed E-state index contributed by atoms with van der Waals surface area (Å²) in [4.78, 5) is 0. The van der Waals surface area contributed by atoms with Gasteiger partial charge in [0.25, 0.3) is 0 Å². The zero-order valence-corrected chi connectivity index (χ0v) is 7.31. The Bertz CT molecular complexity index is 121. The van der Waals surface area contributed by atoms with Crippen LogP contribution >= 0.6 is 0 Å². The molecule has 66 valence electrons. The molecule has 0 aromatic heterocycles. The van der Waals surface area contributed by atoms with Crippen molar-refractivity contribution in [2.24, 2.45) is 0 Å². The lowest BCUT2D eigenvalue weighted by atomic mass is 10.1. The first-order valence-electron chi connectivity index (χ1n) is 4.22. The van der Waals surface area contributed by atoms with Gasteiger partial charge >= 0.3 is 0 Å². The smallest absolute Gasteiger partial charge is 0.124 e. The average Bonchev–Trinajstić information content (AvgIpc) is 2.03. The van der Waals surface area contributed by atoms with Gasteiger partial charge in [0.15, 0.2) is 0 Å². The van der Waals surface area contributed by atoms with Crippen LogP contribution in [-0.4, -0.2) is 11.2 Å². The molecule has 0 amide bonds. The van der Waals surface area contributed by atoms with Crippen molar-refractivity contribution in [3.63, 3.8) is 0 Å². The molecule has 0 fully saturated rings. The maximum Gasteiger partial charge on any atom is 0.124 e. The van der Waals surface area contributed by atoms with E-state index in [1.165, 1.54) is 6.08 Å². The van der Waals surface area contributed by atoms with Gasteiger partial charge in [-0.05, 0) is 13.3 Å². The van der Waals surface area contributed by atoms with E-state index in [2.05, 4.69) is 6.92 Å². The number of aliphatic hydroxyl groups is 1. The van der Waals surface area contributed by atoms with Crippen LogP contribution in [0.3, 0.4) is 0 Å². The Morgan fingerprint density at radius 2 is 2.18 bits per heavy atom. The largest absolute Gasteiger partial charge is 0.386 e. The van der Waals surface area contributed by atoms with Crippen LogP contribution in [0, 0.1) is 0 Å². The maximum atomic E-state index is 12.6. The van der Waals surface area contributed by atoms with Crippen molar-refractivity contribution in [3.8, 4) is 0 Å². The lowest BCUT2D eigenvalue weighted by Crippen LogP contribution is -2.06. The first kappa shape index (κ1) is 10.6. The van der Waals surface area contributed by atoms with Crippen molar-refractivity contribution < 1.29 is 9.50 Å². The second-order valence-electron chi connectivity index (χ2n) is 2.69. The standard InChI is InChI=1S/C9H17FO/c1-3-5-6-7-9(11)8(10)4-2/h4,9,11H,3,5-7H2,1-2H3/b8-4-. The summed E-state index contributed by atoms with van der Waals surface area (Å²) < 4.78 is 12.6. The zero-order chi connectivity index (χ0) is 8.69. The molecular formula is C9H17FO. The third-order valence-electron chi connectivity index (χ3n) is 1.68. The molecule has 0 aliphatic rings. The Labute approximate surface area is 67.9 Å². The van der Waals surface area contributed by atoms with Gasteiger partial charge in [-0.25, -0.2) is 4.39 Å². The lowest BCUT2D eigenvalue weighted by molar-refractivity contribution is 0.169. The normalized spacial score (nSPS) is 15.1. The molecule has 0 saturated heterocycles. The van der Waals surface area contributed by atoms with Crippen LogP contribution in [0.4, 0.5) is 4.39 Å². The molecule has 0 bridgehead atoms. The van der Waals surface area contributed by atoms with Gasteiger partial charge in [-0.1, -0.05) is 32.3 Å². The van der Waals surface area contributed by atoms with Gasteiger partial charge in [-0.2, -0.15) is 0 Å². The Morgan fingerprint density at radius 3 is 2.64 bits per heavy atom. The molecule has 0 spiro atoms. The van der Waals surface area contributed by atoms with Crippen molar-refractivity contribution in [1.29, 1.82) is 0 Å². The Balaban J connectivity index is 3.44. The molecular weight excluding hydrogens is 143 g/mol. The molecule has 0 aromatic carbocycles. The molecule has 0 rings (SSSR count). The molecule has 1 N–H and O–H groups in total. The van der Waals surface area contributed by atoms with Crippen molar-refractivity contribution in [2.75, 3.05) is 0 Å². The predicted molar refractivity (Wildman–Crippen MR) is 45.0 cm³/mol. The van der Waals surface area contributed by atoms with E-state index in [1.54, 1.807) is 6.92 Å². The van der Waals surface area contributed by atoms with Crippen molar-refractivity contribution in [1.82, 2.24) is 0 Å². The fraction of sp³-hybridized carbons (Fsp3) is 0.778. The third kappa shape index (κ3) is 4.96. The molecule has 1 nitrogen and oxygen atoms in total. The number of hydrogen-bond donors (Lipinski definition) is 1. The van der Waals surface area contributed by atoms with Gasteiger partial charge < -0.3 is 5.11 Å². The monoisotopic (exact) mass is 160 g/mol. The van der Waals surface area contributed by atoms with Crippen molar-refractivity contribution in [2.45, 2.75) is 45.6 Å². The minimum absolute atomic E-state index is 0.402. The summed E-state index contributed by atoms with van der Waals surface area (Å²) in [6, 6.07) is 0. The number of allylic oxidation sites excluding steroid dienone is 1. The van der Waals surface area contributed by atoms with Gasteiger partial charge in [-0.3, -0.25) is 0 Å². The van der Waals surface area contributed by atoms with E-state index >= 15 is 0 Å². The Hall–Kier alpha value is -0.370. The van der Waals surface area contributed by atoms with Gasteiger partial charge in [0.2, 0.25) is 0 Å². The van der Waals surface area contributed by atoms with Crippen molar-refractivity contribution >= 4 is 0 Å². The molecule has 0 heterocycles. The summed E-state index contributed by atoms with van der Waals surface area (Å²) in [5.41, 5.74) is 0. The van der Waals surface area contributed by atoms with E-state index in [1.807, 2.05) is 0 Å². The highest BCUT2D eigenvalue weighted by molar-refractivity contribution is 4.95. The van der Waals surface area contributed by atoms with Gasteiger partial charge in [0.05, 0.1) is 0 Å². The summed E-state index contributed by atoms with van der Waals surface area (Å²) in [6.07, 6.45) is 4.06. The molecule has 0 radical (unpaired) electrons. The fourth-order valence-corrected chi connectivity index (χ4v) is 0.918. The highest BCUT2D eigenvalue weighted by atomic mass is 19.1. The van der Waals surface area contributed by atoms with Gasteiger partial charge in [-0.15, -0.1) is 0 Å². The van der Waals surface area contributed by atoms with E-state index in [9.17, 15) is 4.39 Å². The highest BCUT2D eigenvalue weighted by Gasteiger charge is 2.07. The predicted octanol–water partition coefficient (Wildman–Crippen LogP) is 2.80. The molecule has 0 aliphatic heterocycles. The molecule has 0 aliphatic carbocycles. The minimum Gasteiger partial charge on any atom is -0.386 e. The second kappa shape index (κ2) is 6.35. The molecule has 0 saturated carbocycles. The topological polar surface area (TPSA) is 20.2 Å². The quantitative estimate of drug-likeness (QED) is 0.613. The first-order valence-corrected chi connectivity index (χ1v) is 4.22. The maximum absolute atomic E-state index is 12.6. The number of rotatable bonds is 5. The van der Waals surface area contributed by atoms with Gasteiger partial charge in [0.1, 0.15) is 11.9 Å². The minimum atomic E-state index is -0.869. The van der Waals surface area contributed by atoms with Crippen LogP contribution in [0.2, 0.25) is 0 Å². The number of unbranched alkanes of at least 4 members (excludes halogenated alkanes) is 2. The molecule has 1 unspecified atom stereocenters. The van der Waals surface area contributed by atoms with E-state index in [4.69, 9.17) is 5.11 Å². The average molecular weight is 160 g/mol. The number of halogens is 1. The molecule has 2 heteroatoms. The van der Waals surface area contributed by atoms with Crippen LogP contribution in [0.1, 0.15) is 39.5 Å². The summed E-state index contributed by atoms with van der Waals surface area (Å²) >= 11 is 0. The molecule has 1 atom stereocenters. The Morgan fingerprint density at radius 1 is 1.55 bits per heavy atom. The highest BCUT2D eigenvalue weighted by Crippen LogP contribution is 2.11. The SMILES string of the molecule is C/C=C(\F)C(O)CCCCC. The molecule has 0 aromatic rings. The molecule has 11 heavy (non-hydrogen) atoms. The van der Waals surface area contributed by atoms with E-state index < -0.39 is 11.9 Å². The fourth-order valence-electron chi connectivity index (χ4n) is 0.918. The van der Waals surface area contributed by atoms with E-state index in [0.29, 0.717) is 6.42 Å². The number of aliphatic hydroxyl groups excluding tert-OH is 1. The lowest BCUT2D eigenvalue weighted by Gasteiger charge is -2.06. The van der Waals surface area contributed by atoms with Gasteiger partial charge in [0, 0.05) is 0 Å². The second-order valence-corrected chi connectivity index (χ2v) is 2.69. The summed E-state index contributed by atoms with van der Waals surface area (Å²) in [5.74, 6) is -0.402. The van der Waals surface area contributed by atoms with Crippen LogP contribution < -0.4 is 0 Å². The summed E-state index contributed by atoms with van der Waals surface area (Å²) in [7, 11) is 0. The van der Waals surface area contributed by atoms with Crippen LogP contribution in [0.15, 0.2) is 11.9 Å².